The van der Waals surface area contributed by atoms with Crippen molar-refractivity contribution >= 4 is 5.91 Å². The molecule has 20 heavy (non-hydrogen) atoms. The number of amides is 1. The molecule has 0 saturated carbocycles. The normalized spacial score (nSPS) is 12.1. The van der Waals surface area contributed by atoms with Gasteiger partial charge >= 0.3 is 0 Å². The van der Waals surface area contributed by atoms with Crippen LogP contribution in [-0.2, 0) is 4.79 Å². The van der Waals surface area contributed by atoms with Crippen LogP contribution in [0.3, 0.4) is 0 Å². The van der Waals surface area contributed by atoms with Gasteiger partial charge in [0.05, 0.1) is 0 Å². The lowest BCUT2D eigenvalue weighted by Crippen LogP contribution is -2.34. The molecule has 0 aliphatic rings. The van der Waals surface area contributed by atoms with Crippen LogP contribution in [0.1, 0.15) is 37.9 Å². The van der Waals surface area contributed by atoms with Crippen LogP contribution in [0.15, 0.2) is 18.2 Å². The van der Waals surface area contributed by atoms with Crippen molar-refractivity contribution in [1.29, 1.82) is 0 Å². The average Bonchev–Trinajstić information content (AvgIpc) is 2.46. The van der Waals surface area contributed by atoms with Crippen LogP contribution in [0.2, 0.25) is 0 Å². The Balaban J connectivity index is 2.79. The molecule has 4 heteroatoms. The smallest absolute Gasteiger partial charge is 0.260 e. The van der Waals surface area contributed by atoms with Crippen LogP contribution in [0.25, 0.3) is 0 Å². The highest BCUT2D eigenvalue weighted by atomic mass is 16.5. The number of benzene rings is 1. The first-order valence-corrected chi connectivity index (χ1v) is 7.21. The van der Waals surface area contributed by atoms with Gasteiger partial charge in [0.2, 0.25) is 0 Å². The van der Waals surface area contributed by atoms with E-state index in [4.69, 9.17) is 4.74 Å². The van der Waals surface area contributed by atoms with E-state index in [-0.39, 0.29) is 18.6 Å². The average molecular weight is 278 g/mol. The van der Waals surface area contributed by atoms with Gasteiger partial charge in [-0.25, -0.2) is 0 Å². The van der Waals surface area contributed by atoms with Crippen LogP contribution >= 0.6 is 0 Å². The summed E-state index contributed by atoms with van der Waals surface area (Å²) in [5.41, 5.74) is 2.27. The lowest BCUT2D eigenvalue weighted by Gasteiger charge is -2.21. The van der Waals surface area contributed by atoms with Crippen LogP contribution in [0, 0.1) is 6.92 Å². The van der Waals surface area contributed by atoms with Crippen LogP contribution in [-0.4, -0.2) is 37.6 Å². The Labute approximate surface area is 122 Å². The van der Waals surface area contributed by atoms with E-state index in [0.717, 1.165) is 11.3 Å². The molecule has 1 unspecified atom stereocenters. The third-order valence-corrected chi connectivity index (χ3v) is 3.53. The van der Waals surface area contributed by atoms with E-state index < -0.39 is 0 Å². The molecule has 0 spiro atoms. The van der Waals surface area contributed by atoms with Crippen LogP contribution in [0.4, 0.5) is 0 Å². The Kier molecular flexibility index (Phi) is 6.52. The molecule has 1 atom stereocenters. The van der Waals surface area contributed by atoms with Gasteiger partial charge in [0.1, 0.15) is 5.75 Å². The fourth-order valence-corrected chi connectivity index (χ4v) is 2.10. The van der Waals surface area contributed by atoms with E-state index in [0.29, 0.717) is 13.1 Å². The summed E-state index contributed by atoms with van der Waals surface area (Å²) in [6.07, 6.45) is 0. The topological polar surface area (TPSA) is 41.6 Å². The molecular weight excluding hydrogens is 252 g/mol. The second-order valence-electron chi connectivity index (χ2n) is 4.91. The van der Waals surface area contributed by atoms with Gasteiger partial charge < -0.3 is 15.0 Å². The summed E-state index contributed by atoms with van der Waals surface area (Å²) in [5, 5.41) is 3.21. The Hall–Kier alpha value is -1.55. The van der Waals surface area contributed by atoms with Crippen molar-refractivity contribution in [2.24, 2.45) is 0 Å². The molecule has 1 rings (SSSR count). The first-order chi connectivity index (χ1) is 9.53. The molecule has 1 aromatic carbocycles. The number of carbonyl (C=O) groups excluding carboxylic acids is 1. The van der Waals surface area contributed by atoms with E-state index in [1.54, 1.807) is 4.90 Å². The van der Waals surface area contributed by atoms with Crippen molar-refractivity contribution in [3.8, 4) is 5.75 Å². The van der Waals surface area contributed by atoms with Crippen molar-refractivity contribution in [2.75, 3.05) is 26.7 Å². The lowest BCUT2D eigenvalue weighted by molar-refractivity contribution is -0.132. The third-order valence-electron chi connectivity index (χ3n) is 3.53. The number of carbonyl (C=O) groups is 1. The second-order valence-corrected chi connectivity index (χ2v) is 4.91. The molecule has 1 N–H and O–H groups in total. The summed E-state index contributed by atoms with van der Waals surface area (Å²) in [6, 6.07) is 6.23. The molecule has 0 bridgehead atoms. The van der Waals surface area contributed by atoms with Gasteiger partial charge in [-0.1, -0.05) is 17.7 Å². The van der Waals surface area contributed by atoms with Crippen molar-refractivity contribution in [3.63, 3.8) is 0 Å². The summed E-state index contributed by atoms with van der Waals surface area (Å²) in [6.45, 7) is 9.60. The number of nitrogens with one attached hydrogen (secondary N) is 1. The number of hydrogen-bond acceptors (Lipinski definition) is 3. The summed E-state index contributed by atoms with van der Waals surface area (Å²) >= 11 is 0. The molecular formula is C16H26N2O2. The molecule has 0 fully saturated rings. The molecule has 4 nitrogen and oxygen atoms in total. The summed E-state index contributed by atoms with van der Waals surface area (Å²) in [4.78, 5) is 13.8. The van der Waals surface area contributed by atoms with Gasteiger partial charge in [-0.15, -0.1) is 0 Å². The van der Waals surface area contributed by atoms with Gasteiger partial charge in [-0.2, -0.15) is 0 Å². The minimum Gasteiger partial charge on any atom is -0.483 e. The van der Waals surface area contributed by atoms with Gasteiger partial charge in [0, 0.05) is 24.7 Å². The number of rotatable bonds is 7. The molecule has 1 aromatic rings. The number of nitrogens with zero attached hydrogens (tertiary/aromatic N) is 1. The summed E-state index contributed by atoms with van der Waals surface area (Å²) in [5.74, 6) is 0.802. The number of likely N-dealkylation sites (N-methyl/N-ethyl adjacent to an activating group) is 1. The van der Waals surface area contributed by atoms with Gasteiger partial charge in [-0.05, 0) is 40.8 Å². The highest BCUT2D eigenvalue weighted by molar-refractivity contribution is 5.77. The molecule has 0 aromatic heterocycles. The zero-order valence-corrected chi connectivity index (χ0v) is 13.2. The number of hydrogen-bond donors (Lipinski definition) is 1. The lowest BCUT2D eigenvalue weighted by atomic mass is 10.0. The molecule has 0 saturated heterocycles. The Morgan fingerprint density at radius 2 is 2.00 bits per heavy atom. The second kappa shape index (κ2) is 7.90. The largest absolute Gasteiger partial charge is 0.483 e. The highest BCUT2D eigenvalue weighted by Gasteiger charge is 2.14. The van der Waals surface area contributed by atoms with Gasteiger partial charge in [-0.3, -0.25) is 4.79 Å². The maximum Gasteiger partial charge on any atom is 0.260 e. The minimum atomic E-state index is 0.0265. The molecule has 0 aliphatic carbocycles. The van der Waals surface area contributed by atoms with Crippen LogP contribution < -0.4 is 10.1 Å². The third kappa shape index (κ3) is 4.23. The monoisotopic (exact) mass is 278 g/mol. The maximum atomic E-state index is 12.0. The number of ether oxygens (including phenoxy) is 1. The van der Waals surface area contributed by atoms with E-state index in [2.05, 4.69) is 25.2 Å². The van der Waals surface area contributed by atoms with Crippen molar-refractivity contribution < 1.29 is 9.53 Å². The fraction of sp³-hybridized carbons (Fsp3) is 0.562. The zero-order chi connectivity index (χ0) is 15.1. The first-order valence-electron chi connectivity index (χ1n) is 7.21. The number of aryl methyl sites for hydroxylation is 1. The molecule has 0 heterocycles. The van der Waals surface area contributed by atoms with E-state index in [9.17, 15) is 4.79 Å². The predicted molar refractivity (Wildman–Crippen MR) is 82.1 cm³/mol. The molecule has 1 amide bonds. The maximum absolute atomic E-state index is 12.0. The van der Waals surface area contributed by atoms with Crippen molar-refractivity contribution in [2.45, 2.75) is 33.7 Å². The quantitative estimate of drug-likeness (QED) is 0.833. The van der Waals surface area contributed by atoms with Crippen molar-refractivity contribution in [3.05, 3.63) is 29.3 Å². The van der Waals surface area contributed by atoms with Crippen LogP contribution in [0.5, 0.6) is 5.75 Å². The van der Waals surface area contributed by atoms with E-state index in [1.807, 2.05) is 33.0 Å². The standard InChI is InChI=1S/C16H26N2O2/c1-6-18(7-2)16(19)11-20-15-9-8-12(3)10-14(15)13(4)17-5/h8-10,13,17H,6-7,11H2,1-5H3. The summed E-state index contributed by atoms with van der Waals surface area (Å²) in [7, 11) is 1.91. The molecule has 0 radical (unpaired) electrons. The fourth-order valence-electron chi connectivity index (χ4n) is 2.10. The minimum absolute atomic E-state index is 0.0265. The Morgan fingerprint density at radius 1 is 1.35 bits per heavy atom. The summed E-state index contributed by atoms with van der Waals surface area (Å²) < 4.78 is 5.73. The SMILES string of the molecule is CCN(CC)C(=O)COc1ccc(C)cc1C(C)NC. The van der Waals surface area contributed by atoms with Gasteiger partial charge in [0.25, 0.3) is 5.91 Å². The molecule has 0 aliphatic heterocycles. The Bertz CT molecular complexity index is 442. The highest BCUT2D eigenvalue weighted by Crippen LogP contribution is 2.26. The Morgan fingerprint density at radius 3 is 2.55 bits per heavy atom. The van der Waals surface area contributed by atoms with Crippen molar-refractivity contribution in [1.82, 2.24) is 10.2 Å². The molecule has 112 valence electrons. The zero-order valence-electron chi connectivity index (χ0n) is 13.2. The van der Waals surface area contributed by atoms with E-state index in [1.165, 1.54) is 5.56 Å². The van der Waals surface area contributed by atoms with Gasteiger partial charge in [0.15, 0.2) is 6.61 Å². The van der Waals surface area contributed by atoms with E-state index >= 15 is 0 Å². The first kappa shape index (κ1) is 16.5. The predicted octanol–water partition coefficient (Wildman–Crippen LogP) is 2.52.